The van der Waals surface area contributed by atoms with E-state index in [0.29, 0.717) is 6.54 Å². The fourth-order valence-electron chi connectivity index (χ4n) is 1.18. The van der Waals surface area contributed by atoms with E-state index in [9.17, 15) is 0 Å². The first-order chi connectivity index (χ1) is 5.06. The second-order valence-electron chi connectivity index (χ2n) is 3.86. The van der Waals surface area contributed by atoms with E-state index in [2.05, 4.69) is 25.8 Å². The van der Waals surface area contributed by atoms with Gasteiger partial charge >= 0.3 is 0 Å². The first kappa shape index (κ1) is 8.97. The van der Waals surface area contributed by atoms with Crippen LogP contribution in [0.2, 0.25) is 0 Å². The van der Waals surface area contributed by atoms with Crippen LogP contribution >= 0.6 is 0 Å². The molecule has 66 valence electrons. The maximum absolute atomic E-state index is 5.55. The molecule has 11 heavy (non-hydrogen) atoms. The number of rotatable bonds is 1. The Morgan fingerprint density at radius 1 is 1.64 bits per heavy atom. The summed E-state index contributed by atoms with van der Waals surface area (Å²) in [4.78, 5) is 2.30. The Morgan fingerprint density at radius 2 is 2.27 bits per heavy atom. The summed E-state index contributed by atoms with van der Waals surface area (Å²) in [6, 6.07) is 0. The lowest BCUT2D eigenvalue weighted by Crippen LogP contribution is -2.55. The van der Waals surface area contributed by atoms with Crippen molar-refractivity contribution < 1.29 is 4.74 Å². The summed E-state index contributed by atoms with van der Waals surface area (Å²) in [5.41, 5.74) is 5.67. The van der Waals surface area contributed by atoms with E-state index in [0.717, 1.165) is 13.2 Å². The fraction of sp³-hybridized carbons (Fsp3) is 1.00. The van der Waals surface area contributed by atoms with Crippen molar-refractivity contribution in [2.75, 3.05) is 26.7 Å². The van der Waals surface area contributed by atoms with Gasteiger partial charge in [0.25, 0.3) is 0 Å². The number of morpholine rings is 1. The van der Waals surface area contributed by atoms with Crippen LogP contribution in [0.15, 0.2) is 0 Å². The normalized spacial score (nSPS) is 32.2. The molecule has 3 nitrogen and oxygen atoms in total. The van der Waals surface area contributed by atoms with Crippen LogP contribution in [0, 0.1) is 0 Å². The SMILES string of the molecule is CN1CC(CN)OCC1(C)C. The van der Waals surface area contributed by atoms with E-state index >= 15 is 0 Å². The number of hydrogen-bond donors (Lipinski definition) is 1. The average Bonchev–Trinajstić information content (AvgIpc) is 1.95. The molecule has 1 fully saturated rings. The minimum Gasteiger partial charge on any atom is -0.374 e. The van der Waals surface area contributed by atoms with Crippen LogP contribution in [-0.2, 0) is 4.74 Å². The van der Waals surface area contributed by atoms with Gasteiger partial charge in [-0.1, -0.05) is 0 Å². The van der Waals surface area contributed by atoms with Crippen LogP contribution in [0.1, 0.15) is 13.8 Å². The topological polar surface area (TPSA) is 38.5 Å². The molecule has 3 heteroatoms. The molecule has 1 saturated heterocycles. The van der Waals surface area contributed by atoms with Gasteiger partial charge in [0.05, 0.1) is 12.7 Å². The molecular weight excluding hydrogens is 140 g/mol. The lowest BCUT2D eigenvalue weighted by atomic mass is 10.0. The number of hydrogen-bond acceptors (Lipinski definition) is 3. The summed E-state index contributed by atoms with van der Waals surface area (Å²) in [6.45, 7) is 6.72. The Bertz CT molecular complexity index is 136. The largest absolute Gasteiger partial charge is 0.374 e. The molecule has 0 amide bonds. The molecule has 1 rings (SSSR count). The average molecular weight is 158 g/mol. The molecule has 0 aliphatic carbocycles. The first-order valence-corrected chi connectivity index (χ1v) is 4.09. The summed E-state index contributed by atoms with van der Waals surface area (Å²) >= 11 is 0. The maximum Gasteiger partial charge on any atom is 0.0824 e. The predicted molar refractivity (Wildman–Crippen MR) is 45.5 cm³/mol. The van der Waals surface area contributed by atoms with Crippen LogP contribution < -0.4 is 5.73 Å². The van der Waals surface area contributed by atoms with Gasteiger partial charge in [-0.15, -0.1) is 0 Å². The first-order valence-electron chi connectivity index (χ1n) is 4.09. The Labute approximate surface area is 68.5 Å². The van der Waals surface area contributed by atoms with E-state index in [-0.39, 0.29) is 11.6 Å². The second kappa shape index (κ2) is 3.09. The molecule has 0 saturated carbocycles. The summed E-state index contributed by atoms with van der Waals surface area (Å²) in [5, 5.41) is 0. The molecule has 0 radical (unpaired) electrons. The number of likely N-dealkylation sites (N-methyl/N-ethyl adjacent to an activating group) is 1. The van der Waals surface area contributed by atoms with Crippen molar-refractivity contribution in [1.29, 1.82) is 0 Å². The third-order valence-electron chi connectivity index (χ3n) is 2.45. The van der Waals surface area contributed by atoms with Gasteiger partial charge in [0, 0.05) is 18.6 Å². The van der Waals surface area contributed by atoms with Gasteiger partial charge in [-0.25, -0.2) is 0 Å². The highest BCUT2D eigenvalue weighted by Crippen LogP contribution is 2.18. The molecule has 1 atom stereocenters. The molecule has 0 spiro atoms. The summed E-state index contributed by atoms with van der Waals surface area (Å²) in [6.07, 6.45) is 0.230. The van der Waals surface area contributed by atoms with Gasteiger partial charge < -0.3 is 10.5 Å². The molecule has 0 aromatic carbocycles. The van der Waals surface area contributed by atoms with Crippen molar-refractivity contribution in [1.82, 2.24) is 4.90 Å². The molecule has 0 aromatic rings. The predicted octanol–water partition coefficient (Wildman–Crippen LogP) is 0.0543. The Kier molecular flexibility index (Phi) is 2.52. The monoisotopic (exact) mass is 158 g/mol. The van der Waals surface area contributed by atoms with E-state index in [4.69, 9.17) is 10.5 Å². The van der Waals surface area contributed by atoms with Gasteiger partial charge in [0.15, 0.2) is 0 Å². The van der Waals surface area contributed by atoms with Crippen LogP contribution in [0.3, 0.4) is 0 Å². The third kappa shape index (κ3) is 1.92. The van der Waals surface area contributed by atoms with E-state index < -0.39 is 0 Å². The lowest BCUT2D eigenvalue weighted by Gasteiger charge is -2.42. The number of nitrogens with two attached hydrogens (primary N) is 1. The molecule has 1 unspecified atom stereocenters. The van der Waals surface area contributed by atoms with Gasteiger partial charge in [-0.3, -0.25) is 4.90 Å². The van der Waals surface area contributed by atoms with Crippen molar-refractivity contribution in [3.05, 3.63) is 0 Å². The Balaban J connectivity index is 2.48. The molecule has 1 aliphatic heterocycles. The van der Waals surface area contributed by atoms with Crippen LogP contribution in [-0.4, -0.2) is 43.3 Å². The highest BCUT2D eigenvalue weighted by molar-refractivity contribution is 4.85. The fourth-order valence-corrected chi connectivity index (χ4v) is 1.18. The van der Waals surface area contributed by atoms with E-state index in [1.165, 1.54) is 0 Å². The molecular formula is C8H18N2O. The summed E-state index contributed by atoms with van der Waals surface area (Å²) in [7, 11) is 2.12. The van der Waals surface area contributed by atoms with Crippen LogP contribution in [0.5, 0.6) is 0 Å². The van der Waals surface area contributed by atoms with Crippen molar-refractivity contribution in [2.45, 2.75) is 25.5 Å². The highest BCUT2D eigenvalue weighted by atomic mass is 16.5. The summed E-state index contributed by atoms with van der Waals surface area (Å²) in [5.74, 6) is 0. The summed E-state index contributed by atoms with van der Waals surface area (Å²) < 4.78 is 5.55. The third-order valence-corrected chi connectivity index (χ3v) is 2.45. The molecule has 0 aromatic heterocycles. The lowest BCUT2D eigenvalue weighted by molar-refractivity contribution is -0.0835. The number of nitrogens with zero attached hydrogens (tertiary/aromatic N) is 1. The Morgan fingerprint density at radius 3 is 2.73 bits per heavy atom. The molecule has 2 N–H and O–H groups in total. The van der Waals surface area contributed by atoms with Gasteiger partial charge in [0.1, 0.15) is 0 Å². The molecule has 0 bridgehead atoms. The zero-order valence-electron chi connectivity index (χ0n) is 7.63. The van der Waals surface area contributed by atoms with Crippen LogP contribution in [0.25, 0.3) is 0 Å². The Hall–Kier alpha value is -0.120. The van der Waals surface area contributed by atoms with Gasteiger partial charge in [-0.2, -0.15) is 0 Å². The molecule has 1 aliphatic rings. The van der Waals surface area contributed by atoms with E-state index in [1.807, 2.05) is 0 Å². The molecule has 1 heterocycles. The smallest absolute Gasteiger partial charge is 0.0824 e. The highest BCUT2D eigenvalue weighted by Gasteiger charge is 2.31. The zero-order valence-corrected chi connectivity index (χ0v) is 7.63. The minimum atomic E-state index is 0.172. The minimum absolute atomic E-state index is 0.172. The quantitative estimate of drug-likeness (QED) is 0.586. The standard InChI is InChI=1S/C8H18N2O/c1-8(2)6-11-7(4-9)5-10(8)3/h7H,4-6,9H2,1-3H3. The van der Waals surface area contributed by atoms with Gasteiger partial charge in [0.2, 0.25) is 0 Å². The van der Waals surface area contributed by atoms with E-state index in [1.54, 1.807) is 0 Å². The van der Waals surface area contributed by atoms with Crippen molar-refractivity contribution in [2.24, 2.45) is 5.73 Å². The van der Waals surface area contributed by atoms with Crippen LogP contribution in [0.4, 0.5) is 0 Å². The maximum atomic E-state index is 5.55. The number of ether oxygens (including phenoxy) is 1. The van der Waals surface area contributed by atoms with Crippen molar-refractivity contribution in [3.63, 3.8) is 0 Å². The van der Waals surface area contributed by atoms with Gasteiger partial charge in [-0.05, 0) is 20.9 Å². The van der Waals surface area contributed by atoms with Crippen molar-refractivity contribution >= 4 is 0 Å². The zero-order chi connectivity index (χ0) is 8.48. The second-order valence-corrected chi connectivity index (χ2v) is 3.86. The van der Waals surface area contributed by atoms with Crippen molar-refractivity contribution in [3.8, 4) is 0 Å².